The van der Waals surface area contributed by atoms with Crippen LogP contribution in [0.15, 0.2) is 42.7 Å². The largest absolute Gasteiger partial charge is 0.331 e. The molecule has 2 aromatic heterocycles. The van der Waals surface area contributed by atoms with E-state index < -0.39 is 0 Å². The number of aromatic amines is 1. The number of pyridine rings is 1. The number of fused-ring (bicyclic) bond motifs is 1. The van der Waals surface area contributed by atoms with Crippen molar-refractivity contribution in [3.8, 4) is 0 Å². The van der Waals surface area contributed by atoms with Crippen molar-refractivity contribution < 1.29 is 0 Å². The van der Waals surface area contributed by atoms with Gasteiger partial charge in [0.05, 0.1) is 17.6 Å². The maximum Gasteiger partial charge on any atom is 0.178 e. The fraction of sp³-hybridized carbons (Fsp3) is 0.0769. The smallest absolute Gasteiger partial charge is 0.178 e. The van der Waals surface area contributed by atoms with Crippen molar-refractivity contribution in [2.24, 2.45) is 0 Å². The standard InChI is InChI=1S/C13H10ClN3S/c14-10-3-4-12-11(6-10)16-13(18)17(12)8-9-2-1-5-15-7-9/h1-7H,8H2,(H,16,18). The first kappa shape index (κ1) is 11.4. The summed E-state index contributed by atoms with van der Waals surface area (Å²) in [5, 5.41) is 0.701. The van der Waals surface area contributed by atoms with Crippen molar-refractivity contribution in [1.29, 1.82) is 0 Å². The van der Waals surface area contributed by atoms with E-state index in [1.54, 1.807) is 6.20 Å². The Balaban J connectivity index is 2.12. The molecule has 0 spiro atoms. The predicted molar refractivity (Wildman–Crippen MR) is 75.5 cm³/mol. The van der Waals surface area contributed by atoms with Gasteiger partial charge in [-0.25, -0.2) is 0 Å². The monoisotopic (exact) mass is 275 g/mol. The van der Waals surface area contributed by atoms with Gasteiger partial charge in [-0.3, -0.25) is 4.98 Å². The highest BCUT2D eigenvalue weighted by Crippen LogP contribution is 2.19. The van der Waals surface area contributed by atoms with Crippen LogP contribution < -0.4 is 0 Å². The van der Waals surface area contributed by atoms with Gasteiger partial charge in [-0.2, -0.15) is 0 Å². The number of nitrogens with zero attached hydrogens (tertiary/aromatic N) is 2. The zero-order valence-corrected chi connectivity index (χ0v) is 11.0. The van der Waals surface area contributed by atoms with E-state index in [-0.39, 0.29) is 0 Å². The van der Waals surface area contributed by atoms with E-state index >= 15 is 0 Å². The van der Waals surface area contributed by atoms with Crippen LogP contribution in [0, 0.1) is 4.77 Å². The molecule has 0 amide bonds. The maximum absolute atomic E-state index is 5.97. The van der Waals surface area contributed by atoms with Gasteiger partial charge >= 0.3 is 0 Å². The molecule has 0 aliphatic rings. The van der Waals surface area contributed by atoms with E-state index in [1.165, 1.54) is 0 Å². The van der Waals surface area contributed by atoms with E-state index in [4.69, 9.17) is 23.8 Å². The van der Waals surface area contributed by atoms with Crippen LogP contribution in [0.1, 0.15) is 5.56 Å². The Morgan fingerprint density at radius 1 is 1.33 bits per heavy atom. The lowest BCUT2D eigenvalue weighted by Gasteiger charge is -2.04. The van der Waals surface area contributed by atoms with Gasteiger partial charge in [0.2, 0.25) is 0 Å². The zero-order chi connectivity index (χ0) is 12.5. The van der Waals surface area contributed by atoms with Gasteiger partial charge in [0.25, 0.3) is 0 Å². The van der Waals surface area contributed by atoms with Crippen LogP contribution in [0.25, 0.3) is 11.0 Å². The molecule has 3 nitrogen and oxygen atoms in total. The van der Waals surface area contributed by atoms with Gasteiger partial charge in [0.1, 0.15) is 0 Å². The van der Waals surface area contributed by atoms with Crippen LogP contribution in [0.3, 0.4) is 0 Å². The van der Waals surface area contributed by atoms with Crippen molar-refractivity contribution in [2.75, 3.05) is 0 Å². The third kappa shape index (κ3) is 2.05. The normalized spacial score (nSPS) is 10.9. The van der Waals surface area contributed by atoms with Gasteiger partial charge in [0, 0.05) is 17.4 Å². The Kier molecular flexibility index (Phi) is 2.89. The summed E-state index contributed by atoms with van der Waals surface area (Å²) in [5.41, 5.74) is 3.12. The van der Waals surface area contributed by atoms with Gasteiger partial charge in [-0.15, -0.1) is 0 Å². The van der Waals surface area contributed by atoms with Gasteiger partial charge < -0.3 is 9.55 Å². The molecule has 3 rings (SSSR count). The summed E-state index contributed by atoms with van der Waals surface area (Å²) in [7, 11) is 0. The first-order valence-electron chi connectivity index (χ1n) is 5.51. The number of H-pyrrole nitrogens is 1. The molecule has 0 unspecified atom stereocenters. The fourth-order valence-corrected chi connectivity index (χ4v) is 2.41. The molecule has 0 fully saturated rings. The van der Waals surface area contributed by atoms with Crippen molar-refractivity contribution in [2.45, 2.75) is 6.54 Å². The fourth-order valence-electron chi connectivity index (χ4n) is 1.97. The number of hydrogen-bond acceptors (Lipinski definition) is 2. The Morgan fingerprint density at radius 2 is 2.22 bits per heavy atom. The molecule has 0 atom stereocenters. The molecule has 3 aromatic rings. The van der Waals surface area contributed by atoms with Gasteiger partial charge in [-0.05, 0) is 42.0 Å². The number of benzene rings is 1. The zero-order valence-electron chi connectivity index (χ0n) is 9.43. The summed E-state index contributed by atoms with van der Waals surface area (Å²) in [6.07, 6.45) is 3.61. The van der Waals surface area contributed by atoms with E-state index in [9.17, 15) is 0 Å². The Morgan fingerprint density at radius 3 is 3.00 bits per heavy atom. The Labute approximate surface area is 114 Å². The lowest BCUT2D eigenvalue weighted by molar-refractivity contribution is 0.806. The molecule has 1 aromatic carbocycles. The Hall–Kier alpha value is -1.65. The molecule has 90 valence electrons. The SMILES string of the molecule is S=c1[nH]c2cc(Cl)ccc2n1Cc1cccnc1. The lowest BCUT2D eigenvalue weighted by Crippen LogP contribution is -1.99. The summed E-state index contributed by atoms with van der Waals surface area (Å²) >= 11 is 11.3. The van der Waals surface area contributed by atoms with E-state index in [0.717, 1.165) is 16.6 Å². The van der Waals surface area contributed by atoms with Crippen LogP contribution in [-0.2, 0) is 6.54 Å². The van der Waals surface area contributed by atoms with Gasteiger partial charge in [0.15, 0.2) is 4.77 Å². The molecule has 18 heavy (non-hydrogen) atoms. The highest BCUT2D eigenvalue weighted by atomic mass is 35.5. The van der Waals surface area contributed by atoms with Crippen molar-refractivity contribution >= 4 is 34.9 Å². The molecule has 0 aliphatic heterocycles. The average molecular weight is 276 g/mol. The first-order chi connectivity index (χ1) is 8.74. The molecule has 1 N–H and O–H groups in total. The van der Waals surface area contributed by atoms with E-state index in [2.05, 4.69) is 9.97 Å². The molecule has 0 radical (unpaired) electrons. The molecular weight excluding hydrogens is 266 g/mol. The highest BCUT2D eigenvalue weighted by molar-refractivity contribution is 7.71. The van der Waals surface area contributed by atoms with Crippen molar-refractivity contribution in [1.82, 2.24) is 14.5 Å². The van der Waals surface area contributed by atoms with Crippen LogP contribution in [-0.4, -0.2) is 14.5 Å². The van der Waals surface area contributed by atoms with E-state index in [1.807, 2.05) is 41.1 Å². The number of rotatable bonds is 2. The second kappa shape index (κ2) is 4.55. The summed E-state index contributed by atoms with van der Waals surface area (Å²) in [4.78, 5) is 7.27. The average Bonchev–Trinajstić information content (AvgIpc) is 2.66. The first-order valence-corrected chi connectivity index (χ1v) is 6.29. The second-order valence-corrected chi connectivity index (χ2v) is 4.86. The van der Waals surface area contributed by atoms with Crippen LogP contribution in [0.5, 0.6) is 0 Å². The van der Waals surface area contributed by atoms with Crippen molar-refractivity contribution in [3.63, 3.8) is 0 Å². The number of aromatic nitrogens is 3. The highest BCUT2D eigenvalue weighted by Gasteiger charge is 2.05. The molecule has 5 heteroatoms. The third-order valence-electron chi connectivity index (χ3n) is 2.80. The number of imidazole rings is 1. The third-order valence-corrected chi connectivity index (χ3v) is 3.36. The van der Waals surface area contributed by atoms with Crippen LogP contribution in [0.2, 0.25) is 5.02 Å². The van der Waals surface area contributed by atoms with Gasteiger partial charge in [-0.1, -0.05) is 17.7 Å². The maximum atomic E-state index is 5.97. The summed E-state index contributed by atoms with van der Waals surface area (Å²) in [6, 6.07) is 9.67. The molecule has 2 heterocycles. The second-order valence-electron chi connectivity index (χ2n) is 4.04. The summed E-state index contributed by atoms with van der Waals surface area (Å²) < 4.78 is 2.73. The molecule has 0 saturated carbocycles. The number of halogens is 1. The Bertz CT molecular complexity index is 746. The minimum atomic E-state index is 0.691. The number of nitrogens with one attached hydrogen (secondary N) is 1. The number of hydrogen-bond donors (Lipinski definition) is 1. The predicted octanol–water partition coefficient (Wildman–Crippen LogP) is 3.80. The summed E-state index contributed by atoms with van der Waals surface area (Å²) in [5.74, 6) is 0. The molecule has 0 saturated heterocycles. The summed E-state index contributed by atoms with van der Waals surface area (Å²) in [6.45, 7) is 0.703. The minimum absolute atomic E-state index is 0.691. The van der Waals surface area contributed by atoms with E-state index in [0.29, 0.717) is 16.3 Å². The molecule has 0 bridgehead atoms. The van der Waals surface area contributed by atoms with Crippen LogP contribution in [0.4, 0.5) is 0 Å². The molecular formula is C13H10ClN3S. The lowest BCUT2D eigenvalue weighted by atomic mass is 10.2. The topological polar surface area (TPSA) is 33.6 Å². The van der Waals surface area contributed by atoms with Crippen molar-refractivity contribution in [3.05, 3.63) is 58.1 Å². The van der Waals surface area contributed by atoms with Crippen LogP contribution >= 0.6 is 23.8 Å². The quantitative estimate of drug-likeness (QED) is 0.722. The molecule has 0 aliphatic carbocycles. The minimum Gasteiger partial charge on any atom is -0.331 e.